The number of carbonyl (C=O) groups excluding carboxylic acids is 1. The van der Waals surface area contributed by atoms with Gasteiger partial charge in [0.15, 0.2) is 5.65 Å². The molecule has 2 N–H and O–H groups in total. The van der Waals surface area contributed by atoms with Crippen LogP contribution in [0.5, 0.6) is 0 Å². The van der Waals surface area contributed by atoms with Crippen molar-refractivity contribution in [1.82, 2.24) is 24.8 Å². The summed E-state index contributed by atoms with van der Waals surface area (Å²) in [6, 6.07) is 7.83. The fourth-order valence-electron chi connectivity index (χ4n) is 3.13. The molecule has 7 heteroatoms. The summed E-state index contributed by atoms with van der Waals surface area (Å²) < 4.78 is 1.67. The van der Waals surface area contributed by atoms with Crippen LogP contribution in [0, 0.1) is 13.8 Å². The molecule has 0 atom stereocenters. The first kappa shape index (κ1) is 15.3. The van der Waals surface area contributed by atoms with Gasteiger partial charge in [0.1, 0.15) is 6.33 Å². The van der Waals surface area contributed by atoms with Crippen molar-refractivity contribution >= 4 is 28.1 Å². The first-order valence-corrected chi connectivity index (χ1v) is 8.15. The van der Waals surface area contributed by atoms with E-state index < -0.39 is 0 Å². The molecule has 0 aliphatic rings. The third kappa shape index (κ3) is 2.84. The van der Waals surface area contributed by atoms with E-state index in [-0.39, 0.29) is 5.91 Å². The molecule has 0 saturated carbocycles. The third-order valence-electron chi connectivity index (χ3n) is 4.45. The Morgan fingerprint density at radius 2 is 2.16 bits per heavy atom. The van der Waals surface area contributed by atoms with Gasteiger partial charge in [-0.2, -0.15) is 5.10 Å². The number of nitrogens with zero attached hydrogens (tertiary/aromatic N) is 4. The van der Waals surface area contributed by atoms with Crippen molar-refractivity contribution in [3.8, 4) is 0 Å². The van der Waals surface area contributed by atoms with Gasteiger partial charge < -0.3 is 10.3 Å². The van der Waals surface area contributed by atoms with Gasteiger partial charge in [-0.15, -0.1) is 10.2 Å². The average Bonchev–Trinajstić information content (AvgIpc) is 3.22. The van der Waals surface area contributed by atoms with Gasteiger partial charge in [-0.1, -0.05) is 6.07 Å². The SMILES string of the molecule is Cc1nn2cnnc2c(C)c1CCC(=O)Nc1ccc2cc[nH]c2c1. The molecule has 126 valence electrons. The lowest BCUT2D eigenvalue weighted by molar-refractivity contribution is -0.116. The molecule has 0 unspecified atom stereocenters. The lowest BCUT2D eigenvalue weighted by Crippen LogP contribution is -2.14. The van der Waals surface area contributed by atoms with E-state index in [4.69, 9.17) is 0 Å². The highest BCUT2D eigenvalue weighted by molar-refractivity contribution is 5.93. The smallest absolute Gasteiger partial charge is 0.224 e. The van der Waals surface area contributed by atoms with Gasteiger partial charge in [0.25, 0.3) is 0 Å². The summed E-state index contributed by atoms with van der Waals surface area (Å²) in [7, 11) is 0. The molecule has 3 aromatic heterocycles. The second kappa shape index (κ2) is 6.01. The highest BCUT2D eigenvalue weighted by Gasteiger charge is 2.13. The predicted molar refractivity (Wildman–Crippen MR) is 95.5 cm³/mol. The number of rotatable bonds is 4. The number of hydrogen-bond donors (Lipinski definition) is 2. The molecule has 0 saturated heterocycles. The zero-order chi connectivity index (χ0) is 17.4. The number of benzene rings is 1. The maximum atomic E-state index is 12.3. The fourth-order valence-corrected chi connectivity index (χ4v) is 3.13. The lowest BCUT2D eigenvalue weighted by Gasteiger charge is -2.10. The van der Waals surface area contributed by atoms with Crippen molar-refractivity contribution in [3.05, 3.63) is 53.6 Å². The number of aromatic nitrogens is 5. The van der Waals surface area contributed by atoms with E-state index in [9.17, 15) is 4.79 Å². The number of nitrogens with one attached hydrogen (secondary N) is 2. The molecule has 1 aromatic carbocycles. The quantitative estimate of drug-likeness (QED) is 0.601. The van der Waals surface area contributed by atoms with Gasteiger partial charge in [-0.05, 0) is 49.4 Å². The molecule has 0 spiro atoms. The maximum Gasteiger partial charge on any atom is 0.224 e. The van der Waals surface area contributed by atoms with Crippen LogP contribution < -0.4 is 5.32 Å². The van der Waals surface area contributed by atoms with Crippen LogP contribution in [0.25, 0.3) is 16.6 Å². The summed E-state index contributed by atoms with van der Waals surface area (Å²) in [5, 5.41) is 16.5. The number of aromatic amines is 1. The summed E-state index contributed by atoms with van der Waals surface area (Å²) in [5.41, 5.74) is 5.50. The number of hydrogen-bond acceptors (Lipinski definition) is 4. The summed E-state index contributed by atoms with van der Waals surface area (Å²) in [6.07, 6.45) is 4.47. The number of amides is 1. The standard InChI is InChI=1S/C18H18N6O/c1-11-15(12(2)23-24-10-20-22-18(11)24)5-6-17(25)21-14-4-3-13-7-8-19-16(13)9-14/h3-4,7-10,19H,5-6H2,1-2H3,(H,21,25). The maximum absolute atomic E-state index is 12.3. The van der Waals surface area contributed by atoms with E-state index in [1.807, 2.05) is 44.3 Å². The molecule has 1 amide bonds. The Hall–Kier alpha value is -3.22. The second-order valence-electron chi connectivity index (χ2n) is 6.12. The van der Waals surface area contributed by atoms with Crippen LogP contribution in [0.1, 0.15) is 23.2 Å². The molecule has 0 bridgehead atoms. The van der Waals surface area contributed by atoms with Crippen LogP contribution in [0.4, 0.5) is 5.69 Å². The van der Waals surface area contributed by atoms with E-state index in [0.717, 1.165) is 39.1 Å². The molecule has 4 rings (SSSR count). The first-order chi connectivity index (χ1) is 12.1. The van der Waals surface area contributed by atoms with Crippen LogP contribution in [0.2, 0.25) is 0 Å². The molecule has 0 fully saturated rings. The van der Waals surface area contributed by atoms with E-state index in [1.54, 1.807) is 10.8 Å². The largest absolute Gasteiger partial charge is 0.361 e. The van der Waals surface area contributed by atoms with E-state index in [2.05, 4.69) is 25.6 Å². The Bertz CT molecular complexity index is 1080. The summed E-state index contributed by atoms with van der Waals surface area (Å²) in [5.74, 6) is -0.0222. The molecule has 0 aliphatic heterocycles. The van der Waals surface area contributed by atoms with Crippen molar-refractivity contribution in [2.45, 2.75) is 26.7 Å². The van der Waals surface area contributed by atoms with E-state index >= 15 is 0 Å². The van der Waals surface area contributed by atoms with Gasteiger partial charge in [0.2, 0.25) is 5.91 Å². The second-order valence-corrected chi connectivity index (χ2v) is 6.12. The van der Waals surface area contributed by atoms with Crippen molar-refractivity contribution < 1.29 is 4.79 Å². The fraction of sp³-hybridized carbons (Fsp3) is 0.222. The average molecular weight is 334 g/mol. The van der Waals surface area contributed by atoms with Crippen molar-refractivity contribution in [3.63, 3.8) is 0 Å². The Labute approximate surface area is 144 Å². The lowest BCUT2D eigenvalue weighted by atomic mass is 10.0. The Morgan fingerprint density at radius 1 is 1.28 bits per heavy atom. The zero-order valence-corrected chi connectivity index (χ0v) is 14.1. The normalized spacial score (nSPS) is 11.3. The Morgan fingerprint density at radius 3 is 3.04 bits per heavy atom. The minimum Gasteiger partial charge on any atom is -0.361 e. The monoisotopic (exact) mass is 334 g/mol. The molecule has 7 nitrogen and oxygen atoms in total. The molecule has 3 heterocycles. The van der Waals surface area contributed by atoms with Crippen LogP contribution in [0.3, 0.4) is 0 Å². The van der Waals surface area contributed by atoms with Gasteiger partial charge in [0, 0.05) is 29.4 Å². The van der Waals surface area contributed by atoms with E-state index in [0.29, 0.717) is 12.8 Å². The zero-order valence-electron chi connectivity index (χ0n) is 14.1. The molecule has 25 heavy (non-hydrogen) atoms. The predicted octanol–water partition coefficient (Wildman–Crippen LogP) is 2.79. The number of fused-ring (bicyclic) bond motifs is 2. The molecule has 0 radical (unpaired) electrons. The van der Waals surface area contributed by atoms with Gasteiger partial charge in [-0.3, -0.25) is 4.79 Å². The van der Waals surface area contributed by atoms with Crippen molar-refractivity contribution in [2.24, 2.45) is 0 Å². The topological polar surface area (TPSA) is 88.0 Å². The summed E-state index contributed by atoms with van der Waals surface area (Å²) in [6.45, 7) is 3.93. The third-order valence-corrected chi connectivity index (χ3v) is 4.45. The van der Waals surface area contributed by atoms with E-state index in [1.165, 1.54) is 0 Å². The highest BCUT2D eigenvalue weighted by Crippen LogP contribution is 2.19. The van der Waals surface area contributed by atoms with Crippen molar-refractivity contribution in [1.29, 1.82) is 0 Å². The van der Waals surface area contributed by atoms with Gasteiger partial charge in [-0.25, -0.2) is 4.52 Å². The highest BCUT2D eigenvalue weighted by atomic mass is 16.1. The number of aryl methyl sites for hydroxylation is 2. The summed E-state index contributed by atoms with van der Waals surface area (Å²) in [4.78, 5) is 15.5. The van der Waals surface area contributed by atoms with Crippen LogP contribution in [-0.2, 0) is 11.2 Å². The van der Waals surface area contributed by atoms with Gasteiger partial charge in [0.05, 0.1) is 5.69 Å². The Balaban J connectivity index is 1.48. The minimum absolute atomic E-state index is 0.0222. The van der Waals surface area contributed by atoms with Crippen LogP contribution in [0.15, 0.2) is 36.8 Å². The number of carbonyl (C=O) groups is 1. The Kier molecular flexibility index (Phi) is 3.68. The number of anilines is 1. The number of H-pyrrole nitrogens is 1. The van der Waals surface area contributed by atoms with Gasteiger partial charge >= 0.3 is 0 Å². The summed E-state index contributed by atoms with van der Waals surface area (Å²) >= 11 is 0. The first-order valence-electron chi connectivity index (χ1n) is 8.15. The molecular weight excluding hydrogens is 316 g/mol. The van der Waals surface area contributed by atoms with Crippen LogP contribution in [-0.4, -0.2) is 30.7 Å². The molecular formula is C18H18N6O. The molecule has 0 aliphatic carbocycles. The molecule has 4 aromatic rings. The van der Waals surface area contributed by atoms with Crippen molar-refractivity contribution in [2.75, 3.05) is 5.32 Å². The van der Waals surface area contributed by atoms with Crippen LogP contribution >= 0.6 is 0 Å². The minimum atomic E-state index is -0.0222.